The number of hydrogen-bond acceptors (Lipinski definition) is 5. The van der Waals surface area contributed by atoms with Crippen LogP contribution in [0.15, 0.2) is 18.2 Å². The van der Waals surface area contributed by atoms with Gasteiger partial charge in [-0.3, -0.25) is 14.5 Å². The van der Waals surface area contributed by atoms with Crippen LogP contribution in [-0.4, -0.2) is 59.5 Å². The molecule has 0 bridgehead atoms. The summed E-state index contributed by atoms with van der Waals surface area (Å²) in [6, 6.07) is 5.27. The number of hydrogen-bond donors (Lipinski definition) is 1. The Morgan fingerprint density at radius 3 is 2.67 bits per heavy atom. The van der Waals surface area contributed by atoms with Gasteiger partial charge in [0.15, 0.2) is 11.5 Å². The standard InChI is InChI=1S/C22H27N3O5/c1-22(15-6-7-15)20(27)25(21(28)23-22)13-19(26)24-9-2-4-16(24)14-5-8-17-18(12-14)30-11-3-10-29-17/h5,8,12,15-16H,2-4,6-7,9-11,13H2,1H3,(H,23,28)/t16-,22-/m0/s1. The van der Waals surface area contributed by atoms with Gasteiger partial charge in [0.25, 0.3) is 5.91 Å². The van der Waals surface area contributed by atoms with E-state index in [-0.39, 0.29) is 30.3 Å². The smallest absolute Gasteiger partial charge is 0.325 e. The lowest BCUT2D eigenvalue weighted by Gasteiger charge is -2.27. The Morgan fingerprint density at radius 2 is 1.90 bits per heavy atom. The van der Waals surface area contributed by atoms with Crippen molar-refractivity contribution in [1.82, 2.24) is 15.1 Å². The van der Waals surface area contributed by atoms with Gasteiger partial charge in [-0.05, 0) is 56.2 Å². The third kappa shape index (κ3) is 3.18. The van der Waals surface area contributed by atoms with E-state index in [4.69, 9.17) is 9.47 Å². The molecule has 0 unspecified atom stereocenters. The zero-order chi connectivity index (χ0) is 20.9. The van der Waals surface area contributed by atoms with E-state index in [0.717, 1.165) is 48.3 Å². The number of nitrogens with zero attached hydrogens (tertiary/aromatic N) is 2. The van der Waals surface area contributed by atoms with Gasteiger partial charge >= 0.3 is 6.03 Å². The molecule has 5 rings (SSSR count). The van der Waals surface area contributed by atoms with Crippen LogP contribution < -0.4 is 14.8 Å². The van der Waals surface area contributed by atoms with Gasteiger partial charge in [0.05, 0.1) is 19.3 Å². The summed E-state index contributed by atoms with van der Waals surface area (Å²) < 4.78 is 11.5. The molecule has 3 heterocycles. The number of nitrogens with one attached hydrogen (secondary N) is 1. The molecular weight excluding hydrogens is 386 g/mol. The van der Waals surface area contributed by atoms with Crippen molar-refractivity contribution < 1.29 is 23.9 Å². The maximum absolute atomic E-state index is 13.1. The molecule has 160 valence electrons. The van der Waals surface area contributed by atoms with Gasteiger partial charge < -0.3 is 19.7 Å². The van der Waals surface area contributed by atoms with Crippen molar-refractivity contribution in [3.8, 4) is 11.5 Å². The van der Waals surface area contributed by atoms with E-state index in [1.807, 2.05) is 18.2 Å². The van der Waals surface area contributed by atoms with Crippen LogP contribution in [-0.2, 0) is 9.59 Å². The highest BCUT2D eigenvalue weighted by molar-refractivity contribution is 6.09. The third-order valence-electron chi connectivity index (χ3n) is 6.72. The second-order valence-corrected chi connectivity index (χ2v) is 8.80. The molecule has 1 saturated carbocycles. The van der Waals surface area contributed by atoms with Gasteiger partial charge in [-0.1, -0.05) is 6.07 Å². The molecule has 1 aliphatic carbocycles. The number of urea groups is 1. The number of fused-ring (bicyclic) bond motifs is 1. The van der Waals surface area contributed by atoms with E-state index in [2.05, 4.69) is 5.32 Å². The average Bonchev–Trinajstić information content (AvgIpc) is 3.49. The van der Waals surface area contributed by atoms with Gasteiger partial charge in [-0.15, -0.1) is 0 Å². The minimum Gasteiger partial charge on any atom is -0.490 e. The first-order valence-electron chi connectivity index (χ1n) is 10.8. The fourth-order valence-corrected chi connectivity index (χ4v) is 4.82. The normalized spacial score (nSPS) is 28.5. The van der Waals surface area contributed by atoms with Crippen molar-refractivity contribution in [2.75, 3.05) is 26.3 Å². The second kappa shape index (κ2) is 7.18. The van der Waals surface area contributed by atoms with E-state index in [1.54, 1.807) is 11.8 Å². The summed E-state index contributed by atoms with van der Waals surface area (Å²) in [6.07, 6.45) is 4.42. The summed E-state index contributed by atoms with van der Waals surface area (Å²) >= 11 is 0. The van der Waals surface area contributed by atoms with Crippen LogP contribution in [0.2, 0.25) is 0 Å². The minimum atomic E-state index is -0.865. The van der Waals surface area contributed by atoms with Crippen LogP contribution in [0, 0.1) is 5.92 Å². The molecule has 1 aromatic rings. The maximum Gasteiger partial charge on any atom is 0.325 e. The summed E-state index contributed by atoms with van der Waals surface area (Å²) in [5, 5.41) is 2.81. The number of benzene rings is 1. The monoisotopic (exact) mass is 413 g/mol. The summed E-state index contributed by atoms with van der Waals surface area (Å²) in [6.45, 7) is 3.41. The van der Waals surface area contributed by atoms with Gasteiger partial charge in [0, 0.05) is 13.0 Å². The molecule has 30 heavy (non-hydrogen) atoms. The van der Waals surface area contributed by atoms with Gasteiger partial charge in [-0.2, -0.15) is 0 Å². The van der Waals surface area contributed by atoms with E-state index in [1.165, 1.54) is 0 Å². The predicted molar refractivity (Wildman–Crippen MR) is 107 cm³/mol. The number of imide groups is 1. The highest BCUT2D eigenvalue weighted by atomic mass is 16.5. The minimum absolute atomic E-state index is 0.0924. The van der Waals surface area contributed by atoms with Crippen LogP contribution in [0.25, 0.3) is 0 Å². The van der Waals surface area contributed by atoms with E-state index >= 15 is 0 Å². The third-order valence-corrected chi connectivity index (χ3v) is 6.72. The Kier molecular flexibility index (Phi) is 4.60. The molecule has 4 aliphatic rings. The molecular formula is C22H27N3O5. The summed E-state index contributed by atoms with van der Waals surface area (Å²) in [5.74, 6) is 1.13. The topological polar surface area (TPSA) is 88.2 Å². The van der Waals surface area contributed by atoms with Crippen molar-refractivity contribution in [1.29, 1.82) is 0 Å². The highest BCUT2D eigenvalue weighted by Crippen LogP contribution is 2.43. The van der Waals surface area contributed by atoms with Crippen molar-refractivity contribution in [3.05, 3.63) is 23.8 Å². The zero-order valence-corrected chi connectivity index (χ0v) is 17.2. The number of carbonyl (C=O) groups excluding carboxylic acids is 3. The Balaban J connectivity index is 1.32. The first-order chi connectivity index (χ1) is 14.5. The Labute approximate surface area is 175 Å². The molecule has 8 heteroatoms. The molecule has 3 fully saturated rings. The van der Waals surface area contributed by atoms with Gasteiger partial charge in [0.2, 0.25) is 5.91 Å². The number of amides is 4. The van der Waals surface area contributed by atoms with Gasteiger partial charge in [0.1, 0.15) is 12.1 Å². The predicted octanol–water partition coefficient (Wildman–Crippen LogP) is 2.23. The Morgan fingerprint density at radius 1 is 1.13 bits per heavy atom. The lowest BCUT2D eigenvalue weighted by Crippen LogP contribution is -2.47. The zero-order valence-electron chi connectivity index (χ0n) is 17.2. The van der Waals surface area contributed by atoms with Crippen molar-refractivity contribution >= 4 is 17.8 Å². The number of carbonyl (C=O) groups is 3. The molecule has 4 amide bonds. The number of rotatable bonds is 4. The molecule has 1 aromatic carbocycles. The molecule has 8 nitrogen and oxygen atoms in total. The van der Waals surface area contributed by atoms with E-state index in [0.29, 0.717) is 25.5 Å². The first kappa shape index (κ1) is 19.2. The van der Waals surface area contributed by atoms with Crippen LogP contribution in [0.1, 0.15) is 50.6 Å². The lowest BCUT2D eigenvalue weighted by atomic mass is 9.96. The van der Waals surface area contributed by atoms with Crippen LogP contribution in [0.5, 0.6) is 11.5 Å². The molecule has 0 radical (unpaired) electrons. The lowest BCUT2D eigenvalue weighted by molar-refractivity contribution is -0.139. The summed E-state index contributed by atoms with van der Waals surface area (Å²) in [7, 11) is 0. The average molecular weight is 413 g/mol. The largest absolute Gasteiger partial charge is 0.490 e. The first-order valence-corrected chi connectivity index (χ1v) is 10.8. The fraction of sp³-hybridized carbons (Fsp3) is 0.591. The summed E-state index contributed by atoms with van der Waals surface area (Å²) in [4.78, 5) is 41.3. The number of ether oxygens (including phenoxy) is 2. The molecule has 0 aromatic heterocycles. The molecule has 0 spiro atoms. The fourth-order valence-electron chi connectivity index (χ4n) is 4.82. The van der Waals surface area contributed by atoms with Crippen molar-refractivity contribution in [2.24, 2.45) is 5.92 Å². The summed E-state index contributed by atoms with van der Waals surface area (Å²) in [5.41, 5.74) is 0.126. The Bertz CT molecular complexity index is 899. The molecule has 1 N–H and O–H groups in total. The molecule has 3 aliphatic heterocycles. The highest BCUT2D eigenvalue weighted by Gasteiger charge is 2.56. The van der Waals surface area contributed by atoms with Crippen LogP contribution >= 0.6 is 0 Å². The Hall–Kier alpha value is -2.77. The SMILES string of the molecule is C[C@@]1(C2CC2)NC(=O)N(CC(=O)N2CCC[C@H]2c2ccc3c(c2)OCCCO3)C1=O. The number of likely N-dealkylation sites (tertiary alicyclic amines) is 1. The van der Waals surface area contributed by atoms with Crippen LogP contribution in [0.3, 0.4) is 0 Å². The molecule has 2 atom stereocenters. The molecule has 2 saturated heterocycles. The quantitative estimate of drug-likeness (QED) is 0.765. The van der Waals surface area contributed by atoms with Crippen molar-refractivity contribution in [2.45, 2.75) is 50.6 Å². The van der Waals surface area contributed by atoms with Crippen molar-refractivity contribution in [3.63, 3.8) is 0 Å². The van der Waals surface area contributed by atoms with Gasteiger partial charge in [-0.25, -0.2) is 4.79 Å². The van der Waals surface area contributed by atoms with Crippen LogP contribution in [0.4, 0.5) is 4.79 Å². The second-order valence-electron chi connectivity index (χ2n) is 8.80. The van der Waals surface area contributed by atoms with E-state index < -0.39 is 11.6 Å². The van der Waals surface area contributed by atoms with E-state index in [9.17, 15) is 14.4 Å². The maximum atomic E-state index is 13.1.